The molecule has 21 heavy (non-hydrogen) atoms. The second-order valence-electron chi connectivity index (χ2n) is 6.85. The van der Waals surface area contributed by atoms with E-state index < -0.39 is 0 Å². The van der Waals surface area contributed by atoms with Crippen LogP contribution in [-0.4, -0.2) is 20.8 Å². The number of hydrogen-bond acceptors (Lipinski definition) is 4. The van der Waals surface area contributed by atoms with Crippen molar-refractivity contribution < 1.29 is 0 Å². The molecule has 0 unspecified atom stereocenters. The van der Waals surface area contributed by atoms with E-state index in [0.29, 0.717) is 6.04 Å². The maximum absolute atomic E-state index is 4.73. The Morgan fingerprint density at radius 2 is 2.05 bits per heavy atom. The molecule has 2 heterocycles. The third-order valence-electron chi connectivity index (χ3n) is 3.37. The molecule has 0 fully saturated rings. The molecule has 2 rings (SSSR count). The number of thiazole rings is 1. The minimum absolute atomic E-state index is 0.112. The van der Waals surface area contributed by atoms with Gasteiger partial charge >= 0.3 is 0 Å². The number of hydrogen-bond donors (Lipinski definition) is 1. The van der Waals surface area contributed by atoms with E-state index in [4.69, 9.17) is 4.98 Å². The highest BCUT2D eigenvalue weighted by molar-refractivity contribution is 7.09. The topological polar surface area (TPSA) is 42.7 Å². The second kappa shape index (κ2) is 6.28. The van der Waals surface area contributed by atoms with Gasteiger partial charge in [-0.3, -0.25) is 4.68 Å². The van der Waals surface area contributed by atoms with E-state index in [9.17, 15) is 0 Å². The average molecular weight is 306 g/mol. The van der Waals surface area contributed by atoms with Gasteiger partial charge < -0.3 is 5.32 Å². The van der Waals surface area contributed by atoms with E-state index in [1.807, 2.05) is 4.68 Å². The van der Waals surface area contributed by atoms with Gasteiger partial charge in [-0.2, -0.15) is 5.10 Å². The van der Waals surface area contributed by atoms with Crippen LogP contribution >= 0.6 is 11.3 Å². The Kier molecular flexibility index (Phi) is 4.84. The summed E-state index contributed by atoms with van der Waals surface area (Å²) in [5, 5.41) is 11.3. The summed E-state index contributed by atoms with van der Waals surface area (Å²) in [7, 11) is 0. The largest absolute Gasteiger partial charge is 0.310 e. The molecule has 0 radical (unpaired) electrons. The van der Waals surface area contributed by atoms with Crippen molar-refractivity contribution in [2.45, 2.75) is 66.1 Å². The lowest BCUT2D eigenvalue weighted by atomic mass is 9.93. The fraction of sp³-hybridized carbons (Fsp3) is 0.625. The zero-order chi connectivity index (χ0) is 15.6. The standard InChI is InChI=1S/C16H26N4S/c1-11(2)17-7-13-8-20(19-12(13)3)9-15-18-14(10-21-15)16(4,5)6/h8,10-11,17H,7,9H2,1-6H3. The van der Waals surface area contributed by atoms with Crippen LogP contribution in [0.4, 0.5) is 0 Å². The molecule has 0 aliphatic heterocycles. The fourth-order valence-corrected chi connectivity index (χ4v) is 3.01. The Hall–Kier alpha value is -1.20. The van der Waals surface area contributed by atoms with Crippen LogP contribution in [0.25, 0.3) is 0 Å². The molecular weight excluding hydrogens is 280 g/mol. The van der Waals surface area contributed by atoms with Gasteiger partial charge in [-0.1, -0.05) is 34.6 Å². The molecule has 116 valence electrons. The molecule has 0 atom stereocenters. The van der Waals surface area contributed by atoms with Crippen molar-refractivity contribution >= 4 is 11.3 Å². The van der Waals surface area contributed by atoms with Crippen molar-refractivity contribution in [3.8, 4) is 0 Å². The average Bonchev–Trinajstić information content (AvgIpc) is 2.94. The Balaban J connectivity index is 2.06. The first-order valence-electron chi connectivity index (χ1n) is 7.47. The summed E-state index contributed by atoms with van der Waals surface area (Å²) in [4.78, 5) is 4.73. The van der Waals surface area contributed by atoms with Gasteiger partial charge in [0.15, 0.2) is 0 Å². The molecule has 0 saturated carbocycles. The quantitative estimate of drug-likeness (QED) is 0.919. The van der Waals surface area contributed by atoms with Gasteiger partial charge in [-0.25, -0.2) is 4.98 Å². The fourth-order valence-electron chi connectivity index (χ4n) is 1.99. The molecule has 2 aromatic rings. The molecule has 5 heteroatoms. The van der Waals surface area contributed by atoms with Crippen molar-refractivity contribution in [1.82, 2.24) is 20.1 Å². The number of aromatic nitrogens is 3. The van der Waals surface area contributed by atoms with Crippen molar-refractivity contribution in [3.05, 3.63) is 33.5 Å². The first kappa shape index (κ1) is 16.2. The minimum Gasteiger partial charge on any atom is -0.310 e. The molecule has 0 spiro atoms. The first-order valence-corrected chi connectivity index (χ1v) is 8.35. The second-order valence-corrected chi connectivity index (χ2v) is 7.79. The molecule has 4 nitrogen and oxygen atoms in total. The van der Waals surface area contributed by atoms with Crippen LogP contribution in [0.3, 0.4) is 0 Å². The smallest absolute Gasteiger partial charge is 0.114 e. The van der Waals surface area contributed by atoms with Crippen molar-refractivity contribution in [2.24, 2.45) is 0 Å². The summed E-state index contributed by atoms with van der Waals surface area (Å²) in [5.41, 5.74) is 3.63. The Morgan fingerprint density at radius 3 is 2.62 bits per heavy atom. The highest BCUT2D eigenvalue weighted by atomic mass is 32.1. The number of aryl methyl sites for hydroxylation is 1. The highest BCUT2D eigenvalue weighted by Gasteiger charge is 2.17. The predicted molar refractivity (Wildman–Crippen MR) is 88.9 cm³/mol. The van der Waals surface area contributed by atoms with Crippen molar-refractivity contribution in [2.75, 3.05) is 0 Å². The molecule has 0 aliphatic carbocycles. The SMILES string of the molecule is Cc1nn(Cc2nc(C(C)(C)C)cs2)cc1CNC(C)C. The Morgan fingerprint density at radius 1 is 1.33 bits per heavy atom. The summed E-state index contributed by atoms with van der Waals surface area (Å²) in [5.74, 6) is 0. The van der Waals surface area contributed by atoms with Crippen LogP contribution in [0.5, 0.6) is 0 Å². The van der Waals surface area contributed by atoms with Gasteiger partial charge in [0, 0.05) is 35.1 Å². The Bertz CT molecular complexity index is 590. The zero-order valence-electron chi connectivity index (χ0n) is 13.9. The molecular formula is C16H26N4S. The molecule has 0 saturated heterocycles. The van der Waals surface area contributed by atoms with Gasteiger partial charge in [-0.15, -0.1) is 11.3 Å². The van der Waals surface area contributed by atoms with E-state index in [0.717, 1.165) is 29.5 Å². The molecule has 2 aromatic heterocycles. The van der Waals surface area contributed by atoms with Crippen LogP contribution in [-0.2, 0) is 18.5 Å². The van der Waals surface area contributed by atoms with E-state index >= 15 is 0 Å². The van der Waals surface area contributed by atoms with E-state index in [1.165, 1.54) is 5.56 Å². The molecule has 0 aliphatic rings. The monoisotopic (exact) mass is 306 g/mol. The van der Waals surface area contributed by atoms with Crippen LogP contribution in [0.2, 0.25) is 0 Å². The summed E-state index contributed by atoms with van der Waals surface area (Å²) in [6.45, 7) is 14.6. The summed E-state index contributed by atoms with van der Waals surface area (Å²) < 4.78 is 2.00. The zero-order valence-corrected chi connectivity index (χ0v) is 14.7. The lowest BCUT2D eigenvalue weighted by Crippen LogP contribution is -2.21. The minimum atomic E-state index is 0.112. The van der Waals surface area contributed by atoms with Crippen LogP contribution < -0.4 is 5.32 Å². The number of nitrogens with one attached hydrogen (secondary N) is 1. The van der Waals surface area contributed by atoms with Gasteiger partial charge in [0.1, 0.15) is 5.01 Å². The first-order chi connectivity index (χ1) is 9.75. The normalized spacial score (nSPS) is 12.3. The van der Waals surface area contributed by atoms with Gasteiger partial charge in [0.25, 0.3) is 0 Å². The summed E-state index contributed by atoms with van der Waals surface area (Å²) in [6.07, 6.45) is 2.13. The Labute approximate surface area is 131 Å². The third-order valence-corrected chi connectivity index (χ3v) is 4.20. The van der Waals surface area contributed by atoms with Crippen LogP contribution in [0, 0.1) is 6.92 Å². The van der Waals surface area contributed by atoms with Gasteiger partial charge in [0.2, 0.25) is 0 Å². The van der Waals surface area contributed by atoms with Gasteiger partial charge in [-0.05, 0) is 6.92 Å². The predicted octanol–water partition coefficient (Wildman–Crippen LogP) is 3.49. The van der Waals surface area contributed by atoms with E-state index in [2.05, 4.69) is 63.5 Å². The van der Waals surface area contributed by atoms with Gasteiger partial charge in [0.05, 0.1) is 17.9 Å². The van der Waals surface area contributed by atoms with Crippen LogP contribution in [0.1, 0.15) is 56.6 Å². The molecule has 0 bridgehead atoms. The van der Waals surface area contributed by atoms with Crippen molar-refractivity contribution in [1.29, 1.82) is 0 Å². The number of rotatable bonds is 5. The maximum atomic E-state index is 4.73. The summed E-state index contributed by atoms with van der Waals surface area (Å²) in [6, 6.07) is 0.487. The molecule has 0 amide bonds. The highest BCUT2D eigenvalue weighted by Crippen LogP contribution is 2.24. The maximum Gasteiger partial charge on any atom is 0.114 e. The third kappa shape index (κ3) is 4.38. The lowest BCUT2D eigenvalue weighted by Gasteiger charge is -2.14. The number of nitrogens with zero attached hydrogens (tertiary/aromatic N) is 3. The summed E-state index contributed by atoms with van der Waals surface area (Å²) >= 11 is 1.72. The van der Waals surface area contributed by atoms with E-state index in [1.54, 1.807) is 11.3 Å². The molecule has 1 N–H and O–H groups in total. The van der Waals surface area contributed by atoms with E-state index in [-0.39, 0.29) is 5.41 Å². The lowest BCUT2D eigenvalue weighted by molar-refractivity contribution is 0.567. The van der Waals surface area contributed by atoms with Crippen LogP contribution in [0.15, 0.2) is 11.6 Å². The van der Waals surface area contributed by atoms with Crippen molar-refractivity contribution in [3.63, 3.8) is 0 Å². The molecule has 0 aromatic carbocycles.